The van der Waals surface area contributed by atoms with Gasteiger partial charge in [0, 0.05) is 43.0 Å². The molecule has 156 valence electrons. The highest BCUT2D eigenvalue weighted by atomic mass is 16.1. The van der Waals surface area contributed by atoms with Gasteiger partial charge in [-0.1, -0.05) is 18.2 Å². The third-order valence-corrected chi connectivity index (χ3v) is 5.61. The van der Waals surface area contributed by atoms with Crippen molar-refractivity contribution in [1.29, 1.82) is 0 Å². The summed E-state index contributed by atoms with van der Waals surface area (Å²) in [5.41, 5.74) is 3.94. The molecule has 5 rings (SSSR count). The summed E-state index contributed by atoms with van der Waals surface area (Å²) < 4.78 is 0. The molecule has 0 aliphatic carbocycles. The van der Waals surface area contributed by atoms with Crippen molar-refractivity contribution in [3.63, 3.8) is 0 Å². The summed E-state index contributed by atoms with van der Waals surface area (Å²) in [6.07, 6.45) is 0. The van der Waals surface area contributed by atoms with Crippen LogP contribution in [0.1, 0.15) is 10.4 Å². The molecule has 0 saturated carbocycles. The second kappa shape index (κ2) is 8.20. The molecule has 0 radical (unpaired) electrons. The van der Waals surface area contributed by atoms with Gasteiger partial charge in [0.1, 0.15) is 11.6 Å². The number of anilines is 2. The Morgan fingerprint density at radius 2 is 1.65 bits per heavy atom. The van der Waals surface area contributed by atoms with Crippen LogP contribution in [0.2, 0.25) is 0 Å². The highest BCUT2D eigenvalue weighted by Crippen LogP contribution is 2.24. The third-order valence-electron chi connectivity index (χ3n) is 5.61. The Morgan fingerprint density at radius 1 is 0.903 bits per heavy atom. The van der Waals surface area contributed by atoms with E-state index < -0.39 is 0 Å². The van der Waals surface area contributed by atoms with Crippen molar-refractivity contribution in [3.05, 3.63) is 72.3 Å². The van der Waals surface area contributed by atoms with E-state index >= 15 is 0 Å². The zero-order valence-corrected chi connectivity index (χ0v) is 17.4. The molecule has 0 spiro atoms. The molecule has 2 N–H and O–H groups in total. The number of piperazine rings is 1. The second-order valence-electron chi connectivity index (χ2n) is 7.81. The number of H-pyrrole nitrogens is 1. The fraction of sp³-hybridized carbons (Fsp3) is 0.208. The minimum Gasteiger partial charge on any atom is -0.354 e. The van der Waals surface area contributed by atoms with Gasteiger partial charge in [0.25, 0.3) is 5.91 Å². The summed E-state index contributed by atoms with van der Waals surface area (Å²) in [7, 11) is 2.15. The number of aromatic nitrogens is 3. The van der Waals surface area contributed by atoms with E-state index in [9.17, 15) is 4.79 Å². The van der Waals surface area contributed by atoms with Gasteiger partial charge >= 0.3 is 0 Å². The van der Waals surface area contributed by atoms with Crippen LogP contribution in [-0.4, -0.2) is 59.0 Å². The highest BCUT2D eigenvalue weighted by Gasteiger charge is 2.16. The lowest BCUT2D eigenvalue weighted by Gasteiger charge is -2.33. The molecule has 1 amide bonds. The standard InChI is InChI=1S/C24H24N6O/c1-29-13-15-30(16-14-29)21-12-11-20-23(27-21)28-22(26-20)17-7-9-19(10-8-17)25-24(31)18-5-3-2-4-6-18/h2-12H,13-16H2,1H3,(H,25,31)(H,26,27,28). The van der Waals surface area contributed by atoms with E-state index in [4.69, 9.17) is 9.97 Å². The maximum absolute atomic E-state index is 12.3. The van der Waals surface area contributed by atoms with Crippen molar-refractivity contribution >= 4 is 28.6 Å². The van der Waals surface area contributed by atoms with E-state index in [-0.39, 0.29) is 5.91 Å². The summed E-state index contributed by atoms with van der Waals surface area (Å²) in [6.45, 7) is 4.03. The molecule has 7 nitrogen and oxygen atoms in total. The summed E-state index contributed by atoms with van der Waals surface area (Å²) in [5, 5.41) is 2.92. The largest absolute Gasteiger partial charge is 0.354 e. The number of benzene rings is 2. The Hall–Kier alpha value is -3.71. The van der Waals surface area contributed by atoms with Crippen molar-refractivity contribution in [2.45, 2.75) is 0 Å². The number of pyridine rings is 1. The smallest absolute Gasteiger partial charge is 0.255 e. The molecule has 1 aliphatic rings. The predicted octanol–water partition coefficient (Wildman–Crippen LogP) is 3.63. The molecule has 0 bridgehead atoms. The van der Waals surface area contributed by atoms with E-state index in [1.54, 1.807) is 12.1 Å². The molecule has 1 aliphatic heterocycles. The number of likely N-dealkylation sites (N-methyl/N-ethyl adjacent to an activating group) is 1. The molecule has 2 aromatic carbocycles. The lowest BCUT2D eigenvalue weighted by molar-refractivity contribution is 0.102. The van der Waals surface area contributed by atoms with Gasteiger partial charge in [-0.3, -0.25) is 4.79 Å². The van der Waals surface area contributed by atoms with Crippen LogP contribution in [0.25, 0.3) is 22.6 Å². The van der Waals surface area contributed by atoms with Crippen molar-refractivity contribution in [2.75, 3.05) is 43.4 Å². The Morgan fingerprint density at radius 3 is 2.39 bits per heavy atom. The first kappa shape index (κ1) is 19.3. The molecule has 2 aromatic heterocycles. The van der Waals surface area contributed by atoms with Crippen LogP contribution in [-0.2, 0) is 0 Å². The van der Waals surface area contributed by atoms with Gasteiger partial charge in [0.15, 0.2) is 5.65 Å². The first-order chi connectivity index (χ1) is 15.2. The summed E-state index contributed by atoms with van der Waals surface area (Å²) in [5.74, 6) is 1.61. The molecule has 0 atom stereocenters. The predicted molar refractivity (Wildman–Crippen MR) is 123 cm³/mol. The van der Waals surface area contributed by atoms with Crippen LogP contribution in [0.3, 0.4) is 0 Å². The van der Waals surface area contributed by atoms with E-state index in [0.717, 1.165) is 54.6 Å². The van der Waals surface area contributed by atoms with Crippen molar-refractivity contribution in [1.82, 2.24) is 19.9 Å². The summed E-state index contributed by atoms with van der Waals surface area (Å²) >= 11 is 0. The number of aromatic amines is 1. The van der Waals surface area contributed by atoms with Crippen molar-refractivity contribution in [3.8, 4) is 11.4 Å². The molecule has 1 saturated heterocycles. The topological polar surface area (TPSA) is 77.1 Å². The van der Waals surface area contributed by atoms with Crippen LogP contribution in [0.15, 0.2) is 66.7 Å². The molecule has 4 aromatic rings. The maximum Gasteiger partial charge on any atom is 0.255 e. The summed E-state index contributed by atoms with van der Waals surface area (Å²) in [4.78, 5) is 29.8. The molecular formula is C24H24N6O. The lowest BCUT2D eigenvalue weighted by Crippen LogP contribution is -2.44. The normalized spacial score (nSPS) is 14.7. The number of hydrogen-bond acceptors (Lipinski definition) is 5. The minimum atomic E-state index is -0.127. The zero-order chi connectivity index (χ0) is 21.2. The number of fused-ring (bicyclic) bond motifs is 1. The maximum atomic E-state index is 12.3. The number of carbonyl (C=O) groups is 1. The van der Waals surface area contributed by atoms with Gasteiger partial charge in [-0.15, -0.1) is 0 Å². The number of imidazole rings is 1. The highest BCUT2D eigenvalue weighted by molar-refractivity contribution is 6.04. The van der Waals surface area contributed by atoms with E-state index in [0.29, 0.717) is 11.2 Å². The third kappa shape index (κ3) is 4.13. The van der Waals surface area contributed by atoms with Gasteiger partial charge in [-0.25, -0.2) is 9.97 Å². The van der Waals surface area contributed by atoms with Gasteiger partial charge in [-0.2, -0.15) is 0 Å². The van der Waals surface area contributed by atoms with E-state index in [2.05, 4.69) is 33.2 Å². The van der Waals surface area contributed by atoms with E-state index in [1.807, 2.05) is 48.5 Å². The van der Waals surface area contributed by atoms with Crippen LogP contribution in [0.4, 0.5) is 11.5 Å². The number of nitrogens with one attached hydrogen (secondary N) is 2. The van der Waals surface area contributed by atoms with Gasteiger partial charge in [-0.05, 0) is 55.6 Å². The number of carbonyl (C=O) groups excluding carboxylic acids is 1. The van der Waals surface area contributed by atoms with Crippen LogP contribution < -0.4 is 10.2 Å². The molecule has 3 heterocycles. The Bertz CT molecular complexity index is 1190. The van der Waals surface area contributed by atoms with Crippen molar-refractivity contribution in [2.24, 2.45) is 0 Å². The SMILES string of the molecule is CN1CCN(c2ccc3[nH]c(-c4ccc(NC(=O)c5ccccc5)cc4)nc3n2)CC1. The average Bonchev–Trinajstić information content (AvgIpc) is 3.24. The minimum absolute atomic E-state index is 0.127. The molecule has 1 fully saturated rings. The number of amides is 1. The number of hydrogen-bond donors (Lipinski definition) is 2. The molecule has 0 unspecified atom stereocenters. The van der Waals surface area contributed by atoms with Crippen LogP contribution >= 0.6 is 0 Å². The monoisotopic (exact) mass is 412 g/mol. The average molecular weight is 412 g/mol. The molecular weight excluding hydrogens is 388 g/mol. The Labute approximate surface area is 180 Å². The zero-order valence-electron chi connectivity index (χ0n) is 17.4. The van der Waals surface area contributed by atoms with Crippen molar-refractivity contribution < 1.29 is 4.79 Å². The summed E-state index contributed by atoms with van der Waals surface area (Å²) in [6, 6.07) is 20.9. The van der Waals surface area contributed by atoms with Gasteiger partial charge in [0.2, 0.25) is 0 Å². The van der Waals surface area contributed by atoms with E-state index in [1.165, 1.54) is 0 Å². The Kier molecular flexibility index (Phi) is 5.09. The lowest BCUT2D eigenvalue weighted by atomic mass is 10.1. The fourth-order valence-electron chi connectivity index (χ4n) is 3.74. The quantitative estimate of drug-likeness (QED) is 0.535. The first-order valence-electron chi connectivity index (χ1n) is 10.4. The molecule has 31 heavy (non-hydrogen) atoms. The van der Waals surface area contributed by atoms with Crippen LogP contribution in [0, 0.1) is 0 Å². The molecule has 7 heteroatoms. The Balaban J connectivity index is 1.32. The van der Waals surface area contributed by atoms with Gasteiger partial charge < -0.3 is 20.1 Å². The van der Waals surface area contributed by atoms with Gasteiger partial charge in [0.05, 0.1) is 5.52 Å². The number of rotatable bonds is 4. The fourth-order valence-corrected chi connectivity index (χ4v) is 3.74. The second-order valence-corrected chi connectivity index (χ2v) is 7.81. The first-order valence-corrected chi connectivity index (χ1v) is 10.4. The number of nitrogens with zero attached hydrogens (tertiary/aromatic N) is 4. The van der Waals surface area contributed by atoms with Crippen LogP contribution in [0.5, 0.6) is 0 Å².